The molecular weight excluding hydrogens is 375 g/mol. The van der Waals surface area contributed by atoms with Crippen LogP contribution < -0.4 is 0 Å². The van der Waals surface area contributed by atoms with Crippen LogP contribution in [0.4, 0.5) is 4.39 Å². The van der Waals surface area contributed by atoms with Crippen molar-refractivity contribution in [3.05, 3.63) is 52.4 Å². The van der Waals surface area contributed by atoms with Gasteiger partial charge in [0.2, 0.25) is 0 Å². The van der Waals surface area contributed by atoms with Crippen molar-refractivity contribution in [1.29, 1.82) is 0 Å². The van der Waals surface area contributed by atoms with Crippen molar-refractivity contribution in [2.75, 3.05) is 0 Å². The molecule has 6 heteroatoms. The Morgan fingerprint density at radius 1 is 1.21 bits per heavy atom. The summed E-state index contributed by atoms with van der Waals surface area (Å²) in [5.74, 6) is -2.45. The van der Waals surface area contributed by atoms with E-state index in [1.54, 1.807) is 6.92 Å². The second-order valence-corrected chi connectivity index (χ2v) is 7.93. The quantitative estimate of drug-likeness (QED) is 0.439. The van der Waals surface area contributed by atoms with Crippen LogP contribution in [-0.4, -0.2) is 39.3 Å². The minimum Gasteiger partial charge on any atom is -0.459 e. The van der Waals surface area contributed by atoms with Crippen molar-refractivity contribution >= 4 is 12.0 Å². The van der Waals surface area contributed by atoms with Crippen molar-refractivity contribution in [3.8, 4) is 0 Å². The highest BCUT2D eigenvalue weighted by Crippen LogP contribution is 2.22. The number of hydrogen-bond donors (Lipinski definition) is 3. The maximum absolute atomic E-state index is 13.8. The lowest BCUT2D eigenvalue weighted by Crippen LogP contribution is -2.17. The number of benzene rings is 1. The summed E-state index contributed by atoms with van der Waals surface area (Å²) in [6, 6.07) is 3.92. The van der Waals surface area contributed by atoms with E-state index >= 15 is 0 Å². The van der Waals surface area contributed by atoms with Gasteiger partial charge in [0.25, 0.3) is 0 Å². The molecule has 0 amide bonds. The van der Waals surface area contributed by atoms with E-state index in [1.165, 1.54) is 19.9 Å². The number of ether oxygens (including phenoxy) is 1. The molecule has 0 spiro atoms. The summed E-state index contributed by atoms with van der Waals surface area (Å²) >= 11 is 0. The number of fused-ring (bicyclic) bond motifs is 1. The van der Waals surface area contributed by atoms with Crippen LogP contribution in [-0.2, 0) is 4.74 Å². The van der Waals surface area contributed by atoms with Crippen molar-refractivity contribution < 1.29 is 29.2 Å². The molecule has 0 saturated carbocycles. The van der Waals surface area contributed by atoms with Gasteiger partial charge in [0.05, 0.1) is 5.56 Å². The number of carbonyl (C=O) groups excluding carboxylic acids is 1. The van der Waals surface area contributed by atoms with E-state index < -0.39 is 29.8 Å². The molecule has 0 aromatic heterocycles. The second-order valence-electron chi connectivity index (χ2n) is 7.93. The predicted molar refractivity (Wildman–Crippen MR) is 112 cm³/mol. The average Bonchev–Trinajstić information content (AvgIpc) is 2.56. The molecule has 2 rings (SSSR count). The summed E-state index contributed by atoms with van der Waals surface area (Å²) in [5.41, 5.74) is 3.35. The molecule has 1 heterocycles. The van der Waals surface area contributed by atoms with E-state index in [0.717, 1.165) is 16.7 Å². The van der Waals surface area contributed by atoms with Gasteiger partial charge in [0.15, 0.2) is 5.79 Å². The molecule has 1 aliphatic rings. The fourth-order valence-electron chi connectivity index (χ4n) is 2.89. The SMILES string of the molecule is CC(C)(O)O.Cc1cc(C)c2c(c1)/C=C/CCCC(O)/C(F)=C\C[C@H](C)OC2=O. The largest absolute Gasteiger partial charge is 0.459 e. The zero-order chi connectivity index (χ0) is 22.2. The van der Waals surface area contributed by atoms with Gasteiger partial charge in [-0.3, -0.25) is 0 Å². The number of aliphatic hydroxyl groups excluding tert-OH is 1. The summed E-state index contributed by atoms with van der Waals surface area (Å²) in [6.07, 6.45) is 5.64. The van der Waals surface area contributed by atoms with Crippen molar-refractivity contribution in [2.45, 2.75) is 78.3 Å². The van der Waals surface area contributed by atoms with Crippen LogP contribution in [0.3, 0.4) is 0 Å². The lowest BCUT2D eigenvalue weighted by molar-refractivity contribution is -0.127. The molecule has 162 valence electrons. The minimum atomic E-state index is -1.50. The minimum absolute atomic E-state index is 0.241. The Hall–Kier alpha value is -2.02. The van der Waals surface area contributed by atoms with Crippen LogP contribution in [0.2, 0.25) is 0 Å². The van der Waals surface area contributed by atoms with Gasteiger partial charge in [0.1, 0.15) is 18.0 Å². The fraction of sp³-hybridized carbons (Fsp3) is 0.522. The molecule has 5 nitrogen and oxygen atoms in total. The fourth-order valence-corrected chi connectivity index (χ4v) is 2.89. The van der Waals surface area contributed by atoms with E-state index in [-0.39, 0.29) is 6.42 Å². The number of cyclic esters (lactones) is 1. The first-order valence-corrected chi connectivity index (χ1v) is 9.85. The van der Waals surface area contributed by atoms with Crippen molar-refractivity contribution in [2.24, 2.45) is 0 Å². The lowest BCUT2D eigenvalue weighted by atomic mass is 9.98. The molecule has 0 saturated heterocycles. The summed E-state index contributed by atoms with van der Waals surface area (Å²) in [7, 11) is 0. The third kappa shape index (κ3) is 9.83. The highest BCUT2D eigenvalue weighted by atomic mass is 19.1. The van der Waals surface area contributed by atoms with Crippen LogP contribution in [0.5, 0.6) is 0 Å². The molecule has 1 aromatic carbocycles. The van der Waals surface area contributed by atoms with Gasteiger partial charge in [-0.1, -0.05) is 29.8 Å². The monoisotopic (exact) mass is 408 g/mol. The van der Waals surface area contributed by atoms with Crippen molar-refractivity contribution in [3.63, 3.8) is 0 Å². The third-order valence-electron chi connectivity index (χ3n) is 4.13. The van der Waals surface area contributed by atoms with Crippen LogP contribution in [0.25, 0.3) is 6.08 Å². The Morgan fingerprint density at radius 3 is 2.45 bits per heavy atom. The smallest absolute Gasteiger partial charge is 0.339 e. The summed E-state index contributed by atoms with van der Waals surface area (Å²) in [6.45, 7) is 8.20. The Kier molecular flexibility index (Phi) is 9.70. The first-order valence-electron chi connectivity index (χ1n) is 9.85. The number of aryl methyl sites for hydroxylation is 2. The summed E-state index contributed by atoms with van der Waals surface area (Å²) in [4.78, 5) is 12.5. The second kappa shape index (κ2) is 11.2. The van der Waals surface area contributed by atoms with Gasteiger partial charge in [0, 0.05) is 6.42 Å². The number of carbonyl (C=O) groups is 1. The molecule has 0 fully saturated rings. The molecule has 1 aliphatic heterocycles. The number of esters is 1. The number of rotatable bonds is 0. The Morgan fingerprint density at radius 2 is 1.83 bits per heavy atom. The zero-order valence-corrected chi connectivity index (χ0v) is 17.9. The molecule has 29 heavy (non-hydrogen) atoms. The van der Waals surface area contributed by atoms with Gasteiger partial charge in [-0.2, -0.15) is 0 Å². The maximum atomic E-state index is 13.8. The van der Waals surface area contributed by atoms with E-state index in [9.17, 15) is 14.3 Å². The average molecular weight is 409 g/mol. The molecular formula is C23H33FO5. The number of allylic oxidation sites excluding steroid dienone is 1. The normalized spacial score (nSPS) is 24.0. The third-order valence-corrected chi connectivity index (χ3v) is 4.13. The Labute approximate surface area is 172 Å². The molecule has 2 atom stereocenters. The molecule has 0 radical (unpaired) electrons. The van der Waals surface area contributed by atoms with E-state index in [4.69, 9.17) is 14.9 Å². The lowest BCUT2D eigenvalue weighted by Gasteiger charge is -2.16. The highest BCUT2D eigenvalue weighted by molar-refractivity contribution is 5.95. The van der Waals surface area contributed by atoms with E-state index in [2.05, 4.69) is 0 Å². The Balaban J connectivity index is 0.000000749. The first-order chi connectivity index (χ1) is 13.4. The molecule has 1 aromatic rings. The Bertz CT molecular complexity index is 740. The standard InChI is InChI=1S/C20H25FO3.C3H8O2/c1-13-11-14(2)19-16(12-13)7-5-4-6-8-18(22)17(21)10-9-15(3)24-20(19)23;1-3(2,4)5/h5,7,10-12,15,18,22H,4,6,8-9H2,1-3H3;4-5H,1-2H3/b7-5+,17-10+;/t15-,18?;/m0./s1. The number of aliphatic hydroxyl groups is 3. The summed E-state index contributed by atoms with van der Waals surface area (Å²) < 4.78 is 19.3. The molecule has 1 unspecified atom stereocenters. The van der Waals surface area contributed by atoms with Crippen LogP contribution in [0.1, 0.15) is 73.5 Å². The van der Waals surface area contributed by atoms with Gasteiger partial charge < -0.3 is 20.1 Å². The first kappa shape index (κ1) is 25.0. The van der Waals surface area contributed by atoms with Crippen LogP contribution in [0.15, 0.2) is 30.1 Å². The number of hydrogen-bond acceptors (Lipinski definition) is 5. The molecule has 0 aliphatic carbocycles. The maximum Gasteiger partial charge on any atom is 0.339 e. The predicted octanol–water partition coefficient (Wildman–Crippen LogP) is 4.36. The van der Waals surface area contributed by atoms with Crippen LogP contribution in [0, 0.1) is 13.8 Å². The van der Waals surface area contributed by atoms with Gasteiger partial charge in [-0.05, 0) is 71.1 Å². The molecule has 0 bridgehead atoms. The van der Waals surface area contributed by atoms with E-state index in [1.807, 2.05) is 38.1 Å². The van der Waals surface area contributed by atoms with Crippen molar-refractivity contribution in [1.82, 2.24) is 0 Å². The summed E-state index contributed by atoms with van der Waals surface area (Å²) in [5, 5.41) is 25.9. The topological polar surface area (TPSA) is 87.0 Å². The van der Waals surface area contributed by atoms with Gasteiger partial charge in [-0.25, -0.2) is 9.18 Å². The number of halogens is 1. The van der Waals surface area contributed by atoms with Gasteiger partial charge >= 0.3 is 5.97 Å². The molecule has 3 N–H and O–H groups in total. The van der Waals surface area contributed by atoms with Crippen LogP contribution >= 0.6 is 0 Å². The zero-order valence-electron chi connectivity index (χ0n) is 17.9. The van der Waals surface area contributed by atoms with E-state index in [0.29, 0.717) is 24.8 Å². The van der Waals surface area contributed by atoms with Gasteiger partial charge in [-0.15, -0.1) is 0 Å². The highest BCUT2D eigenvalue weighted by Gasteiger charge is 2.19.